The van der Waals surface area contributed by atoms with Gasteiger partial charge in [0.1, 0.15) is 11.6 Å². The first-order valence-corrected chi connectivity index (χ1v) is 5.61. The monoisotopic (exact) mass is 260 g/mol. The molecular formula is C14H13FN2O2. The molecule has 4 nitrogen and oxygen atoms in total. The molecular weight excluding hydrogens is 247 g/mol. The predicted molar refractivity (Wildman–Crippen MR) is 71.8 cm³/mol. The highest BCUT2D eigenvalue weighted by Gasteiger charge is 2.12. The molecule has 0 radical (unpaired) electrons. The largest absolute Gasteiger partial charge is 0.497 e. The van der Waals surface area contributed by atoms with Gasteiger partial charge in [0.05, 0.1) is 18.4 Å². The summed E-state index contributed by atoms with van der Waals surface area (Å²) in [6, 6.07) is 10.7. The van der Waals surface area contributed by atoms with Crippen molar-refractivity contribution < 1.29 is 13.9 Å². The van der Waals surface area contributed by atoms with Crippen molar-refractivity contribution in [3.63, 3.8) is 0 Å². The molecule has 0 atom stereocenters. The van der Waals surface area contributed by atoms with E-state index in [0.717, 1.165) is 0 Å². The zero-order chi connectivity index (χ0) is 13.8. The lowest BCUT2D eigenvalue weighted by Gasteiger charge is -2.09. The summed E-state index contributed by atoms with van der Waals surface area (Å²) in [5.74, 6) is -0.549. The Balaban J connectivity index is 2.26. The molecule has 2 rings (SSSR count). The summed E-state index contributed by atoms with van der Waals surface area (Å²) in [5.41, 5.74) is 6.37. The standard InChI is InChI=1S/C14H13FN2O2/c1-19-9-6-7-11(15)13(8-9)17-14(18)10-4-2-3-5-12(10)16/h2-8H,16H2,1H3,(H,17,18). The summed E-state index contributed by atoms with van der Waals surface area (Å²) in [5, 5.41) is 2.47. The van der Waals surface area contributed by atoms with Gasteiger partial charge in [-0.25, -0.2) is 4.39 Å². The molecule has 0 saturated heterocycles. The average molecular weight is 260 g/mol. The third kappa shape index (κ3) is 2.82. The van der Waals surface area contributed by atoms with Crippen LogP contribution in [0.1, 0.15) is 10.4 Å². The van der Waals surface area contributed by atoms with Gasteiger partial charge in [-0.1, -0.05) is 12.1 Å². The van der Waals surface area contributed by atoms with Crippen LogP contribution in [-0.4, -0.2) is 13.0 Å². The number of carbonyl (C=O) groups is 1. The maximum atomic E-state index is 13.6. The first-order chi connectivity index (χ1) is 9.11. The lowest BCUT2D eigenvalue weighted by Crippen LogP contribution is -2.14. The van der Waals surface area contributed by atoms with Crippen LogP contribution in [0.2, 0.25) is 0 Å². The average Bonchev–Trinajstić information content (AvgIpc) is 2.41. The van der Waals surface area contributed by atoms with E-state index in [1.807, 2.05) is 0 Å². The van der Waals surface area contributed by atoms with Gasteiger partial charge in [-0.05, 0) is 24.3 Å². The van der Waals surface area contributed by atoms with Gasteiger partial charge in [0.15, 0.2) is 0 Å². The van der Waals surface area contributed by atoms with Crippen molar-refractivity contribution in [1.82, 2.24) is 0 Å². The Morgan fingerprint density at radius 1 is 1.26 bits per heavy atom. The highest BCUT2D eigenvalue weighted by atomic mass is 19.1. The van der Waals surface area contributed by atoms with Crippen LogP contribution >= 0.6 is 0 Å². The fraction of sp³-hybridized carbons (Fsp3) is 0.0714. The Morgan fingerprint density at radius 2 is 2.00 bits per heavy atom. The summed E-state index contributed by atoms with van der Waals surface area (Å²) in [6.45, 7) is 0. The van der Waals surface area contributed by atoms with Crippen molar-refractivity contribution in [2.45, 2.75) is 0 Å². The summed E-state index contributed by atoms with van der Waals surface area (Å²) < 4.78 is 18.6. The molecule has 98 valence electrons. The second-order valence-electron chi connectivity index (χ2n) is 3.89. The van der Waals surface area contributed by atoms with E-state index in [1.54, 1.807) is 24.3 Å². The van der Waals surface area contributed by atoms with E-state index in [9.17, 15) is 9.18 Å². The highest BCUT2D eigenvalue weighted by molar-refractivity contribution is 6.07. The van der Waals surface area contributed by atoms with Crippen molar-refractivity contribution in [2.24, 2.45) is 0 Å². The molecule has 1 amide bonds. The number of rotatable bonds is 3. The molecule has 0 aliphatic heterocycles. The number of hydrogen-bond acceptors (Lipinski definition) is 3. The minimum absolute atomic E-state index is 0.0487. The number of amides is 1. The molecule has 0 saturated carbocycles. The Kier molecular flexibility index (Phi) is 3.66. The molecule has 0 bridgehead atoms. The zero-order valence-corrected chi connectivity index (χ0v) is 10.3. The van der Waals surface area contributed by atoms with E-state index in [-0.39, 0.29) is 5.69 Å². The van der Waals surface area contributed by atoms with Gasteiger partial charge in [-0.15, -0.1) is 0 Å². The van der Waals surface area contributed by atoms with E-state index in [4.69, 9.17) is 10.5 Å². The molecule has 5 heteroatoms. The molecule has 0 fully saturated rings. The number of ether oxygens (including phenoxy) is 1. The van der Waals surface area contributed by atoms with Gasteiger partial charge in [-0.2, -0.15) is 0 Å². The molecule has 0 heterocycles. The molecule has 0 aliphatic carbocycles. The van der Waals surface area contributed by atoms with Gasteiger partial charge in [0.2, 0.25) is 0 Å². The van der Waals surface area contributed by atoms with E-state index >= 15 is 0 Å². The predicted octanol–water partition coefficient (Wildman–Crippen LogP) is 2.67. The maximum absolute atomic E-state index is 13.6. The van der Waals surface area contributed by atoms with Crippen LogP contribution in [0.5, 0.6) is 5.75 Å². The molecule has 3 N–H and O–H groups in total. The van der Waals surface area contributed by atoms with Gasteiger partial charge < -0.3 is 15.8 Å². The van der Waals surface area contributed by atoms with Crippen molar-refractivity contribution >= 4 is 17.3 Å². The van der Waals surface area contributed by atoms with Crippen LogP contribution in [-0.2, 0) is 0 Å². The van der Waals surface area contributed by atoms with Crippen LogP contribution in [0, 0.1) is 5.82 Å². The molecule has 19 heavy (non-hydrogen) atoms. The number of nitrogen functional groups attached to an aromatic ring is 1. The number of halogens is 1. The molecule has 2 aromatic carbocycles. The summed E-state index contributed by atoms with van der Waals surface area (Å²) in [4.78, 5) is 12.0. The summed E-state index contributed by atoms with van der Waals surface area (Å²) in [7, 11) is 1.47. The molecule has 0 aromatic heterocycles. The first kappa shape index (κ1) is 12.9. The highest BCUT2D eigenvalue weighted by Crippen LogP contribution is 2.22. The third-order valence-corrected chi connectivity index (χ3v) is 2.63. The van der Waals surface area contributed by atoms with Crippen molar-refractivity contribution in [3.05, 3.63) is 53.8 Å². The van der Waals surface area contributed by atoms with Crippen LogP contribution in [0.4, 0.5) is 15.8 Å². The smallest absolute Gasteiger partial charge is 0.257 e. The van der Waals surface area contributed by atoms with Gasteiger partial charge in [0.25, 0.3) is 5.91 Å². The zero-order valence-electron chi connectivity index (χ0n) is 10.3. The summed E-state index contributed by atoms with van der Waals surface area (Å²) >= 11 is 0. The lowest BCUT2D eigenvalue weighted by molar-refractivity contribution is 0.102. The molecule has 0 aliphatic rings. The van der Waals surface area contributed by atoms with Gasteiger partial charge in [0, 0.05) is 11.8 Å². The lowest BCUT2D eigenvalue weighted by atomic mass is 10.1. The molecule has 0 unspecified atom stereocenters. The number of carbonyl (C=O) groups excluding carboxylic acids is 1. The third-order valence-electron chi connectivity index (χ3n) is 2.63. The van der Waals surface area contributed by atoms with E-state index in [0.29, 0.717) is 17.0 Å². The van der Waals surface area contributed by atoms with E-state index in [1.165, 1.54) is 25.3 Å². The topological polar surface area (TPSA) is 64.3 Å². The minimum Gasteiger partial charge on any atom is -0.497 e. The second kappa shape index (κ2) is 5.39. The van der Waals surface area contributed by atoms with Crippen molar-refractivity contribution in [3.8, 4) is 5.75 Å². The van der Waals surface area contributed by atoms with Crippen LogP contribution in [0.3, 0.4) is 0 Å². The number of methoxy groups -OCH3 is 1. The van der Waals surface area contributed by atoms with Crippen molar-refractivity contribution in [2.75, 3.05) is 18.2 Å². The first-order valence-electron chi connectivity index (χ1n) is 5.61. The fourth-order valence-corrected chi connectivity index (χ4v) is 1.62. The Morgan fingerprint density at radius 3 is 2.68 bits per heavy atom. The number of benzene rings is 2. The minimum atomic E-state index is -0.538. The van der Waals surface area contributed by atoms with Crippen LogP contribution in [0.15, 0.2) is 42.5 Å². The molecule has 2 aromatic rings. The van der Waals surface area contributed by atoms with Gasteiger partial charge >= 0.3 is 0 Å². The number of anilines is 2. The Bertz CT molecular complexity index is 614. The quantitative estimate of drug-likeness (QED) is 0.834. The maximum Gasteiger partial charge on any atom is 0.257 e. The van der Waals surface area contributed by atoms with E-state index in [2.05, 4.69) is 5.32 Å². The number of hydrogen-bond donors (Lipinski definition) is 2. The number of para-hydroxylation sites is 1. The number of nitrogens with one attached hydrogen (secondary N) is 1. The SMILES string of the molecule is COc1ccc(F)c(NC(=O)c2ccccc2N)c1. The summed E-state index contributed by atoms with van der Waals surface area (Å²) in [6.07, 6.45) is 0. The Labute approximate surface area is 110 Å². The fourth-order valence-electron chi connectivity index (χ4n) is 1.62. The number of nitrogens with two attached hydrogens (primary N) is 1. The second-order valence-corrected chi connectivity index (χ2v) is 3.89. The van der Waals surface area contributed by atoms with Crippen LogP contribution in [0.25, 0.3) is 0 Å². The normalized spacial score (nSPS) is 10.0. The van der Waals surface area contributed by atoms with Crippen LogP contribution < -0.4 is 15.8 Å². The van der Waals surface area contributed by atoms with E-state index < -0.39 is 11.7 Å². The Hall–Kier alpha value is -2.56. The van der Waals surface area contributed by atoms with Gasteiger partial charge in [-0.3, -0.25) is 4.79 Å². The van der Waals surface area contributed by atoms with Crippen molar-refractivity contribution in [1.29, 1.82) is 0 Å². The molecule has 0 spiro atoms.